The monoisotopic (exact) mass is 265 g/mol. The van der Waals surface area contributed by atoms with Crippen molar-refractivity contribution < 1.29 is 4.39 Å². The number of hydrogen-bond acceptors (Lipinski definition) is 2. The smallest absolute Gasteiger partial charge is 0.141 e. The Hall–Kier alpha value is -1.39. The molecule has 3 nitrogen and oxygen atoms in total. The third-order valence-electron chi connectivity index (χ3n) is 3.25. The number of benzene rings is 1. The third kappa shape index (κ3) is 2.13. The number of nitrogens with zero attached hydrogens (tertiary/aromatic N) is 1. The molecule has 0 saturated carbocycles. The molecule has 0 bridgehead atoms. The molecule has 5 heteroatoms. The maximum Gasteiger partial charge on any atom is 0.141 e. The van der Waals surface area contributed by atoms with E-state index >= 15 is 0 Å². The molecular formula is C13H13ClFN3. The molecule has 0 spiro atoms. The largest absolute Gasteiger partial charge is 0.309 e. The van der Waals surface area contributed by atoms with E-state index < -0.39 is 5.82 Å². The summed E-state index contributed by atoms with van der Waals surface area (Å²) >= 11 is 5.77. The van der Waals surface area contributed by atoms with Crippen molar-refractivity contribution in [3.8, 4) is 11.3 Å². The van der Waals surface area contributed by atoms with Crippen molar-refractivity contribution in [1.29, 1.82) is 0 Å². The van der Waals surface area contributed by atoms with Gasteiger partial charge in [0.25, 0.3) is 0 Å². The lowest BCUT2D eigenvalue weighted by atomic mass is 10.1. The van der Waals surface area contributed by atoms with Gasteiger partial charge in [0, 0.05) is 11.6 Å². The van der Waals surface area contributed by atoms with Gasteiger partial charge in [-0.1, -0.05) is 11.6 Å². The van der Waals surface area contributed by atoms with Crippen LogP contribution in [0.4, 0.5) is 4.39 Å². The molecule has 1 saturated heterocycles. The first kappa shape index (κ1) is 11.7. The molecule has 0 aliphatic carbocycles. The van der Waals surface area contributed by atoms with Gasteiger partial charge in [0.2, 0.25) is 0 Å². The lowest BCUT2D eigenvalue weighted by Gasteiger charge is -2.05. The zero-order chi connectivity index (χ0) is 12.5. The predicted octanol–water partition coefficient (Wildman–Crippen LogP) is 3.29. The molecule has 2 aromatic rings. The minimum Gasteiger partial charge on any atom is -0.309 e. The molecule has 1 fully saturated rings. The molecule has 1 aliphatic rings. The van der Waals surface area contributed by atoms with E-state index in [0.717, 1.165) is 29.9 Å². The van der Waals surface area contributed by atoms with E-state index in [-0.39, 0.29) is 5.02 Å². The molecule has 1 atom stereocenters. The van der Waals surface area contributed by atoms with Gasteiger partial charge < -0.3 is 5.32 Å². The Morgan fingerprint density at radius 2 is 2.22 bits per heavy atom. The summed E-state index contributed by atoms with van der Waals surface area (Å²) in [6.07, 6.45) is 2.30. The quantitative estimate of drug-likeness (QED) is 0.875. The predicted molar refractivity (Wildman–Crippen MR) is 69.0 cm³/mol. The van der Waals surface area contributed by atoms with Crippen LogP contribution in [0.1, 0.15) is 24.6 Å². The van der Waals surface area contributed by atoms with Crippen LogP contribution in [0.2, 0.25) is 5.02 Å². The van der Waals surface area contributed by atoms with Crippen LogP contribution in [0.5, 0.6) is 0 Å². The molecular weight excluding hydrogens is 253 g/mol. The number of aromatic nitrogens is 2. The maximum atomic E-state index is 13.1. The fraction of sp³-hybridized carbons (Fsp3) is 0.308. The summed E-state index contributed by atoms with van der Waals surface area (Å²) in [4.78, 5) is 0. The van der Waals surface area contributed by atoms with Crippen molar-refractivity contribution in [1.82, 2.24) is 15.5 Å². The summed E-state index contributed by atoms with van der Waals surface area (Å²) < 4.78 is 13.1. The first-order valence-corrected chi connectivity index (χ1v) is 6.36. The molecule has 1 unspecified atom stereocenters. The van der Waals surface area contributed by atoms with E-state index in [2.05, 4.69) is 15.5 Å². The van der Waals surface area contributed by atoms with Gasteiger partial charge in [-0.15, -0.1) is 0 Å². The Balaban J connectivity index is 1.89. The Bertz CT molecular complexity index is 561. The van der Waals surface area contributed by atoms with Crippen molar-refractivity contribution in [3.63, 3.8) is 0 Å². The number of nitrogens with one attached hydrogen (secondary N) is 2. The van der Waals surface area contributed by atoms with Crippen LogP contribution in [0.15, 0.2) is 24.3 Å². The highest BCUT2D eigenvalue weighted by Gasteiger charge is 2.18. The highest BCUT2D eigenvalue weighted by Crippen LogP contribution is 2.27. The second-order valence-electron chi connectivity index (χ2n) is 4.49. The lowest BCUT2D eigenvalue weighted by molar-refractivity contribution is 0.625. The minimum absolute atomic E-state index is 0.121. The zero-order valence-corrected chi connectivity index (χ0v) is 10.5. The van der Waals surface area contributed by atoms with Gasteiger partial charge in [0.05, 0.1) is 16.4 Å². The number of rotatable bonds is 2. The van der Waals surface area contributed by atoms with Crippen LogP contribution in [0.25, 0.3) is 11.3 Å². The zero-order valence-electron chi connectivity index (χ0n) is 9.71. The van der Waals surface area contributed by atoms with Crippen molar-refractivity contribution in [2.24, 2.45) is 0 Å². The normalized spacial score (nSPS) is 19.3. The van der Waals surface area contributed by atoms with Gasteiger partial charge in [-0.25, -0.2) is 4.39 Å². The molecule has 2 N–H and O–H groups in total. The highest BCUT2D eigenvalue weighted by atomic mass is 35.5. The fourth-order valence-electron chi connectivity index (χ4n) is 2.27. The molecule has 2 heterocycles. The maximum absolute atomic E-state index is 13.1. The fourth-order valence-corrected chi connectivity index (χ4v) is 2.45. The van der Waals surface area contributed by atoms with Crippen molar-refractivity contribution in [2.45, 2.75) is 18.9 Å². The van der Waals surface area contributed by atoms with Crippen LogP contribution in [0, 0.1) is 5.82 Å². The SMILES string of the molecule is Fc1ccc(-c2cc(C3CCCN3)[nH]n2)cc1Cl. The first-order valence-electron chi connectivity index (χ1n) is 5.98. The molecule has 1 aromatic heterocycles. The van der Waals surface area contributed by atoms with Gasteiger partial charge >= 0.3 is 0 Å². The van der Waals surface area contributed by atoms with Gasteiger partial charge in [-0.05, 0) is 43.7 Å². The second kappa shape index (κ2) is 4.71. The number of hydrogen-bond donors (Lipinski definition) is 2. The molecule has 1 aromatic carbocycles. The van der Waals surface area contributed by atoms with Gasteiger partial charge in [-0.3, -0.25) is 5.10 Å². The molecule has 94 valence electrons. The average Bonchev–Trinajstić information content (AvgIpc) is 3.01. The van der Waals surface area contributed by atoms with E-state index in [1.807, 2.05) is 6.07 Å². The van der Waals surface area contributed by atoms with E-state index in [1.54, 1.807) is 12.1 Å². The summed E-state index contributed by atoms with van der Waals surface area (Å²) in [5.74, 6) is -0.409. The number of halogens is 2. The summed E-state index contributed by atoms with van der Waals surface area (Å²) in [6.45, 7) is 1.04. The summed E-state index contributed by atoms with van der Waals surface area (Å²) in [5, 5.41) is 10.8. The van der Waals surface area contributed by atoms with Crippen molar-refractivity contribution >= 4 is 11.6 Å². The Labute approximate surface area is 109 Å². The van der Waals surface area contributed by atoms with Gasteiger partial charge in [0.1, 0.15) is 5.82 Å². The lowest BCUT2D eigenvalue weighted by Crippen LogP contribution is -2.12. The summed E-state index contributed by atoms with van der Waals surface area (Å²) in [5.41, 5.74) is 2.69. The Morgan fingerprint density at radius 3 is 2.94 bits per heavy atom. The molecule has 0 radical (unpaired) electrons. The van der Waals surface area contributed by atoms with Gasteiger partial charge in [0.15, 0.2) is 0 Å². The highest BCUT2D eigenvalue weighted by molar-refractivity contribution is 6.31. The van der Waals surface area contributed by atoms with Crippen molar-refractivity contribution in [3.05, 3.63) is 40.8 Å². The van der Waals surface area contributed by atoms with Crippen LogP contribution >= 0.6 is 11.6 Å². The van der Waals surface area contributed by atoms with Crippen LogP contribution < -0.4 is 5.32 Å². The number of aromatic amines is 1. The topological polar surface area (TPSA) is 40.7 Å². The minimum atomic E-state index is -0.409. The average molecular weight is 266 g/mol. The second-order valence-corrected chi connectivity index (χ2v) is 4.89. The van der Waals surface area contributed by atoms with Gasteiger partial charge in [-0.2, -0.15) is 5.10 Å². The third-order valence-corrected chi connectivity index (χ3v) is 3.54. The van der Waals surface area contributed by atoms with Crippen molar-refractivity contribution in [2.75, 3.05) is 6.54 Å². The van der Waals surface area contributed by atoms with E-state index in [0.29, 0.717) is 6.04 Å². The van der Waals surface area contributed by atoms with E-state index in [1.165, 1.54) is 12.5 Å². The molecule has 3 rings (SSSR count). The van der Waals surface area contributed by atoms with Crippen LogP contribution in [-0.4, -0.2) is 16.7 Å². The summed E-state index contributed by atoms with van der Waals surface area (Å²) in [7, 11) is 0. The Kier molecular flexibility index (Phi) is 3.06. The van der Waals surface area contributed by atoms with Crippen LogP contribution in [0.3, 0.4) is 0 Å². The van der Waals surface area contributed by atoms with Crippen LogP contribution in [-0.2, 0) is 0 Å². The van der Waals surface area contributed by atoms with E-state index in [4.69, 9.17) is 11.6 Å². The molecule has 1 aliphatic heterocycles. The Morgan fingerprint density at radius 1 is 1.33 bits per heavy atom. The molecule has 0 amide bonds. The van der Waals surface area contributed by atoms with E-state index in [9.17, 15) is 4.39 Å². The standard InChI is InChI=1S/C13H13ClFN3/c14-9-6-8(3-4-10(9)15)12-7-13(18-17-12)11-2-1-5-16-11/h3-4,6-7,11,16H,1-2,5H2,(H,17,18). The first-order chi connectivity index (χ1) is 8.74. The number of H-pyrrole nitrogens is 1. The summed E-state index contributed by atoms with van der Waals surface area (Å²) in [6, 6.07) is 6.98. The molecule has 18 heavy (non-hydrogen) atoms.